The molecule has 7 aromatic rings. The molecule has 2 N–H and O–H groups in total. The largest absolute Gasteiger partial charge is 2.00 e. The molecule has 0 saturated carbocycles. The van der Waals surface area contributed by atoms with E-state index in [0.29, 0.717) is 21.9 Å². The van der Waals surface area contributed by atoms with Gasteiger partial charge in [-0.15, -0.1) is 0 Å². The predicted molar refractivity (Wildman–Crippen MR) is 199 cm³/mol. The zero-order chi connectivity index (χ0) is 39.7. The van der Waals surface area contributed by atoms with Gasteiger partial charge in [0.05, 0.1) is 19.6 Å². The summed E-state index contributed by atoms with van der Waals surface area (Å²) >= 11 is 0. The smallest absolute Gasteiger partial charge is 0.744 e. The van der Waals surface area contributed by atoms with Crippen LogP contribution in [0.3, 0.4) is 0 Å². The summed E-state index contributed by atoms with van der Waals surface area (Å²) in [5.41, 5.74) is -0.283. The third-order valence-corrected chi connectivity index (χ3v) is 12.8. The minimum atomic E-state index is -6.60. The Morgan fingerprint density at radius 1 is 0.362 bits per heavy atom. The van der Waals surface area contributed by atoms with Gasteiger partial charge in [0.2, 0.25) is 0 Å². The second-order valence-corrected chi connectivity index (χ2v) is 17.4. The number of H-pyrrole nitrogens is 2. The molecule has 0 unspecified atom stereocenters. The van der Waals surface area contributed by atoms with Gasteiger partial charge in [-0.1, -0.05) is 72.8 Å². The molecular weight excluding hydrogens is 865 g/mol. The Morgan fingerprint density at radius 2 is 0.621 bits per heavy atom. The molecule has 3 aromatic heterocycles. The van der Waals surface area contributed by atoms with Gasteiger partial charge in [0.25, 0.3) is 0 Å². The molecule has 0 spiro atoms. The molecule has 58 heavy (non-hydrogen) atoms. The Morgan fingerprint density at radius 3 is 0.914 bits per heavy atom. The first-order valence-corrected chi connectivity index (χ1v) is 21.1. The third kappa shape index (κ3) is 6.63. The number of nitrogens with zero attached hydrogens (tertiary/aromatic N) is 6. The monoisotopic (exact) mass is 878 g/mol. The summed E-state index contributed by atoms with van der Waals surface area (Å²) in [6.45, 7) is 0. The van der Waals surface area contributed by atoms with Gasteiger partial charge >= 0.3 is 46.1 Å². The number of benzene rings is 4. The van der Waals surface area contributed by atoms with Crippen LogP contribution in [0.4, 0.5) is 0 Å². The second-order valence-electron chi connectivity index (χ2n) is 12.1. The average molecular weight is 879 g/mol. The van der Waals surface area contributed by atoms with E-state index in [4.69, 9.17) is 9.97 Å². The molecule has 282 valence electrons. The van der Waals surface area contributed by atoms with E-state index in [9.17, 15) is 51.9 Å². The Hall–Kier alpha value is -4.59. The van der Waals surface area contributed by atoms with Gasteiger partial charge in [-0.2, -0.15) is 0 Å². The van der Waals surface area contributed by atoms with Crippen molar-refractivity contribution >= 4 is 131 Å². The normalized spacial score (nSPS) is 12.8. The minimum Gasteiger partial charge on any atom is -0.744 e. The maximum Gasteiger partial charge on any atom is 2.00 e. The van der Waals surface area contributed by atoms with E-state index in [1.54, 1.807) is 60.7 Å². The molecule has 2 aliphatic heterocycles. The molecule has 5 heterocycles. The molecule has 0 saturated heterocycles. The van der Waals surface area contributed by atoms with Gasteiger partial charge < -0.3 is 28.2 Å². The standard InChI is InChI=1S/C32H18N8O12S4.2Mg/c41-53(42,43)21-19-20(22(54(44,45)46)24(56(50,51)52)23(21)55(47,48)49)32-39-30-18-12-6-4-10-16(18)28(37-30)35-26-14-8-2-1-7-13(14)25(33-26)34-27-15-9-3-5-11-17(15)29(36-27)38-31(19)40-32;;/h1-12H,(H,41,42,43)(H,44,45,46)(H,47,48,49)(H,50,51,52)(H2,33,34,35,36,37,38,39,40);;/q;2*+2/p-4. The number of aromatic amines is 2. The Balaban J connectivity index is 0.00000256. The SMILES string of the molecule is O=S(=O)([O-])c1c(S(=O)(=O)[O-])c(S(=O)(=O)[O-])c2c3nc4nc(nc5[nH]c(nc6nc(nc([nH]3)c2c1S(=O)(=O)[O-])-c1ccccc1-6)c1ccccc51)-c1ccccc1-4.[Mg+2].[Mg+2]. The minimum absolute atomic E-state index is 0. The number of hydrogen-bond donors (Lipinski definition) is 2. The van der Waals surface area contributed by atoms with Gasteiger partial charge in [-0.3, -0.25) is 0 Å². The second kappa shape index (κ2) is 14.0. The molecule has 0 amide bonds. The van der Waals surface area contributed by atoms with Crippen molar-refractivity contribution < 1.29 is 51.9 Å². The Bertz CT molecular complexity index is 3390. The van der Waals surface area contributed by atoms with E-state index in [0.717, 1.165) is 0 Å². The summed E-state index contributed by atoms with van der Waals surface area (Å²) in [4.78, 5) is 23.0. The summed E-state index contributed by atoms with van der Waals surface area (Å²) in [6.07, 6.45) is 0. The van der Waals surface area contributed by atoms with Crippen LogP contribution in [0.1, 0.15) is 0 Å². The van der Waals surface area contributed by atoms with Crippen molar-refractivity contribution in [2.75, 3.05) is 0 Å². The summed E-state index contributed by atoms with van der Waals surface area (Å²) in [5.74, 6) is -0.637. The number of rotatable bonds is 4. The van der Waals surface area contributed by atoms with E-state index in [1.165, 1.54) is 12.1 Å². The first kappa shape index (κ1) is 41.6. The molecule has 4 aromatic carbocycles. The van der Waals surface area contributed by atoms with Gasteiger partial charge in [0, 0.05) is 43.8 Å². The number of fused-ring (bicyclic) bond motifs is 20. The summed E-state index contributed by atoms with van der Waals surface area (Å²) in [6, 6.07) is 19.6. The fourth-order valence-corrected chi connectivity index (χ4v) is 11.6. The zero-order valence-electron chi connectivity index (χ0n) is 28.6. The van der Waals surface area contributed by atoms with Crippen LogP contribution in [-0.2, 0) is 40.5 Å². The topological polar surface area (TPSA) is 338 Å². The average Bonchev–Trinajstić information content (AvgIpc) is 3.84. The first-order chi connectivity index (χ1) is 26.3. The van der Waals surface area contributed by atoms with Crippen LogP contribution in [0, 0.1) is 0 Å². The van der Waals surface area contributed by atoms with Crippen LogP contribution in [0.5, 0.6) is 0 Å². The molecule has 9 rings (SSSR count). The van der Waals surface area contributed by atoms with Crippen molar-refractivity contribution in [1.82, 2.24) is 39.9 Å². The molecule has 2 aliphatic rings. The quantitative estimate of drug-likeness (QED) is 0.188. The van der Waals surface area contributed by atoms with E-state index in [-0.39, 0.29) is 91.8 Å². The third-order valence-electron chi connectivity index (χ3n) is 8.82. The van der Waals surface area contributed by atoms with Crippen molar-refractivity contribution in [3.63, 3.8) is 0 Å². The van der Waals surface area contributed by atoms with Gasteiger partial charge in [-0.05, 0) is 0 Å². The van der Waals surface area contributed by atoms with Crippen LogP contribution in [0.15, 0.2) is 92.4 Å². The number of hydrogen-bond acceptors (Lipinski definition) is 18. The van der Waals surface area contributed by atoms with Crippen molar-refractivity contribution in [3.8, 4) is 45.6 Å². The van der Waals surface area contributed by atoms with E-state index in [2.05, 4.69) is 29.9 Å². The fourth-order valence-electron chi connectivity index (χ4n) is 6.72. The van der Waals surface area contributed by atoms with E-state index in [1.807, 2.05) is 0 Å². The molecule has 0 aliphatic carbocycles. The zero-order valence-corrected chi connectivity index (χ0v) is 34.7. The van der Waals surface area contributed by atoms with Gasteiger partial charge in [0.15, 0.2) is 23.3 Å². The summed E-state index contributed by atoms with van der Waals surface area (Å²) in [5, 5.41) is -1.56. The molecule has 0 radical (unpaired) electrons. The van der Waals surface area contributed by atoms with Crippen LogP contribution in [-0.4, -0.2) is 138 Å². The molecule has 0 fully saturated rings. The Labute approximate surface area is 357 Å². The van der Waals surface area contributed by atoms with Gasteiger partial charge in [-0.25, -0.2) is 63.6 Å². The number of nitrogens with one attached hydrogen (secondary N) is 2. The molecular formula is C32H14Mg2N8O12S4. The number of aromatic nitrogens is 8. The molecule has 8 bridgehead atoms. The molecule has 20 nitrogen and oxygen atoms in total. The van der Waals surface area contributed by atoms with Crippen LogP contribution in [0.25, 0.3) is 89.7 Å². The maximum absolute atomic E-state index is 13.0. The van der Waals surface area contributed by atoms with Crippen molar-refractivity contribution in [2.24, 2.45) is 0 Å². The first-order valence-electron chi connectivity index (χ1n) is 15.5. The van der Waals surface area contributed by atoms with E-state index >= 15 is 0 Å². The van der Waals surface area contributed by atoms with Crippen molar-refractivity contribution in [1.29, 1.82) is 0 Å². The van der Waals surface area contributed by atoms with Crippen molar-refractivity contribution in [2.45, 2.75) is 19.6 Å². The Kier molecular flexibility index (Phi) is 10.0. The van der Waals surface area contributed by atoms with Crippen LogP contribution in [0.2, 0.25) is 0 Å². The van der Waals surface area contributed by atoms with Gasteiger partial charge in [0.1, 0.15) is 63.1 Å². The fraction of sp³-hybridized carbons (Fsp3) is 0. The summed E-state index contributed by atoms with van der Waals surface area (Å²) < 4.78 is 154. The maximum atomic E-state index is 13.0. The molecule has 0 atom stereocenters. The predicted octanol–water partition coefficient (Wildman–Crippen LogP) is 1.72. The van der Waals surface area contributed by atoms with Crippen LogP contribution >= 0.6 is 0 Å². The van der Waals surface area contributed by atoms with Crippen LogP contribution < -0.4 is 0 Å². The molecule has 26 heteroatoms. The van der Waals surface area contributed by atoms with Crippen molar-refractivity contribution in [3.05, 3.63) is 72.8 Å². The van der Waals surface area contributed by atoms with E-state index < -0.39 is 82.1 Å². The summed E-state index contributed by atoms with van der Waals surface area (Å²) in [7, 11) is -26.0.